The highest BCUT2D eigenvalue weighted by atomic mass is 19.4. The minimum atomic E-state index is -4.75. The molecule has 0 aromatic heterocycles. The lowest BCUT2D eigenvalue weighted by atomic mass is 9.76. The summed E-state index contributed by atoms with van der Waals surface area (Å²) in [4.78, 5) is 0. The van der Waals surface area contributed by atoms with Crippen molar-refractivity contribution in [3.05, 3.63) is 11.5 Å². The number of rotatable bonds is 1. The van der Waals surface area contributed by atoms with Gasteiger partial charge in [-0.25, -0.2) is 0 Å². The topological polar surface area (TPSA) is 9.23 Å². The zero-order valence-electron chi connectivity index (χ0n) is 5.32. The second-order valence-corrected chi connectivity index (χ2v) is 2.18. The Kier molecular flexibility index (Phi) is 2.04. The summed E-state index contributed by atoms with van der Waals surface area (Å²) in [5, 5.41) is 0. The van der Waals surface area contributed by atoms with E-state index in [-0.39, 0.29) is 19.6 Å². The van der Waals surface area contributed by atoms with Crippen molar-refractivity contribution in [1.29, 1.82) is 0 Å². The normalized spacial score (nSPS) is 20.5. The molecule has 1 rings (SSSR count). The zero-order valence-corrected chi connectivity index (χ0v) is 5.32. The molecule has 58 valence electrons. The van der Waals surface area contributed by atoms with Crippen molar-refractivity contribution < 1.29 is 17.7 Å². The van der Waals surface area contributed by atoms with Crippen molar-refractivity contribution in [2.45, 2.75) is 6.42 Å². The van der Waals surface area contributed by atoms with E-state index in [0.717, 1.165) is 6.08 Å². The van der Waals surface area contributed by atoms with Gasteiger partial charge >= 0.3 is 6.98 Å². The molecule has 0 fully saturated rings. The lowest BCUT2D eigenvalue weighted by Gasteiger charge is -2.22. The molecule has 1 aliphatic rings. The van der Waals surface area contributed by atoms with Crippen LogP contribution < -0.4 is 0 Å². The standard InChI is InChI=1S/C5H7BF3O/c7-6(8,9)5-1-3-10-4-2-5/h1H,2-4H2/q-1. The molecule has 0 radical (unpaired) electrons. The molecule has 10 heavy (non-hydrogen) atoms. The molecule has 0 amide bonds. The van der Waals surface area contributed by atoms with E-state index >= 15 is 0 Å². The first-order chi connectivity index (χ1) is 4.61. The molecule has 1 nitrogen and oxygen atoms in total. The van der Waals surface area contributed by atoms with Gasteiger partial charge in [-0.05, 0) is 6.42 Å². The maximum absolute atomic E-state index is 11.9. The molecule has 0 atom stereocenters. The van der Waals surface area contributed by atoms with Gasteiger partial charge in [-0.3, -0.25) is 0 Å². The van der Waals surface area contributed by atoms with Crippen LogP contribution in [0.15, 0.2) is 11.5 Å². The third kappa shape index (κ3) is 1.77. The fraction of sp³-hybridized carbons (Fsp3) is 0.600. The molecule has 5 heteroatoms. The van der Waals surface area contributed by atoms with Crippen LogP contribution in [0.4, 0.5) is 12.9 Å². The number of ether oxygens (including phenoxy) is 1. The molecular weight excluding hydrogens is 144 g/mol. The van der Waals surface area contributed by atoms with Crippen LogP contribution in [-0.2, 0) is 4.74 Å². The lowest BCUT2D eigenvalue weighted by molar-refractivity contribution is 0.155. The molecule has 0 N–H and O–H groups in total. The lowest BCUT2D eigenvalue weighted by Crippen LogP contribution is -2.23. The third-order valence-corrected chi connectivity index (χ3v) is 1.42. The van der Waals surface area contributed by atoms with Gasteiger partial charge in [-0.1, -0.05) is 6.08 Å². The van der Waals surface area contributed by atoms with Gasteiger partial charge in [0.1, 0.15) is 0 Å². The van der Waals surface area contributed by atoms with E-state index in [0.29, 0.717) is 0 Å². The van der Waals surface area contributed by atoms with Gasteiger partial charge < -0.3 is 17.7 Å². The van der Waals surface area contributed by atoms with E-state index in [4.69, 9.17) is 4.74 Å². The van der Waals surface area contributed by atoms with Gasteiger partial charge in [0.25, 0.3) is 0 Å². The van der Waals surface area contributed by atoms with Crippen molar-refractivity contribution in [1.82, 2.24) is 0 Å². The predicted molar refractivity (Wildman–Crippen MR) is 32.6 cm³/mol. The molecule has 0 bridgehead atoms. The van der Waals surface area contributed by atoms with Crippen molar-refractivity contribution in [2.24, 2.45) is 0 Å². The Morgan fingerprint density at radius 2 is 2.10 bits per heavy atom. The highest BCUT2D eigenvalue weighted by Crippen LogP contribution is 2.24. The smallest absolute Gasteiger partial charge is 0.445 e. The average molecular weight is 151 g/mol. The highest BCUT2D eigenvalue weighted by Gasteiger charge is 2.28. The number of hydrogen-bond acceptors (Lipinski definition) is 1. The van der Waals surface area contributed by atoms with Gasteiger partial charge in [-0.15, -0.1) is 5.47 Å². The number of halogens is 3. The van der Waals surface area contributed by atoms with Crippen LogP contribution in [0.2, 0.25) is 0 Å². The highest BCUT2D eigenvalue weighted by molar-refractivity contribution is 6.66. The first-order valence-corrected chi connectivity index (χ1v) is 3.07. The van der Waals surface area contributed by atoms with Gasteiger partial charge in [0.05, 0.1) is 6.61 Å². The van der Waals surface area contributed by atoms with E-state index in [1.165, 1.54) is 0 Å². The van der Waals surface area contributed by atoms with Gasteiger partial charge in [0, 0.05) is 6.61 Å². The zero-order chi connectivity index (χ0) is 7.61. The van der Waals surface area contributed by atoms with Crippen molar-refractivity contribution in [3.8, 4) is 0 Å². The summed E-state index contributed by atoms with van der Waals surface area (Å²) < 4.78 is 40.4. The summed E-state index contributed by atoms with van der Waals surface area (Å²) in [5.74, 6) is 0. The third-order valence-electron chi connectivity index (χ3n) is 1.42. The largest absolute Gasteiger partial charge is 0.505 e. The molecular formula is C5H7BF3O-. The summed E-state index contributed by atoms with van der Waals surface area (Å²) in [6.07, 6.45) is 1.13. The van der Waals surface area contributed by atoms with Gasteiger partial charge in [-0.2, -0.15) is 0 Å². The Bertz CT molecular complexity index is 151. The maximum atomic E-state index is 11.9. The second kappa shape index (κ2) is 2.66. The van der Waals surface area contributed by atoms with Crippen LogP contribution in [-0.4, -0.2) is 20.2 Å². The van der Waals surface area contributed by atoms with Gasteiger partial charge in [0.15, 0.2) is 0 Å². The summed E-state index contributed by atoms with van der Waals surface area (Å²) in [5.41, 5.74) is -0.397. The minimum absolute atomic E-state index is 0.0174. The summed E-state index contributed by atoms with van der Waals surface area (Å²) in [7, 11) is 0. The quantitative estimate of drug-likeness (QED) is 0.518. The first-order valence-electron chi connectivity index (χ1n) is 3.07. The van der Waals surface area contributed by atoms with E-state index in [9.17, 15) is 12.9 Å². The van der Waals surface area contributed by atoms with Crippen LogP contribution in [0.5, 0.6) is 0 Å². The van der Waals surface area contributed by atoms with E-state index in [1.807, 2.05) is 0 Å². The predicted octanol–water partition coefficient (Wildman–Crippen LogP) is 1.72. The summed E-state index contributed by atoms with van der Waals surface area (Å²) in [6, 6.07) is 0. The molecule has 0 saturated heterocycles. The molecule has 0 spiro atoms. The Balaban J connectivity index is 2.62. The van der Waals surface area contributed by atoms with Crippen LogP contribution in [0.1, 0.15) is 6.42 Å². The molecule has 0 unspecified atom stereocenters. The van der Waals surface area contributed by atoms with E-state index in [1.54, 1.807) is 0 Å². The second-order valence-electron chi connectivity index (χ2n) is 2.18. The van der Waals surface area contributed by atoms with Crippen molar-refractivity contribution in [2.75, 3.05) is 13.2 Å². The van der Waals surface area contributed by atoms with Gasteiger partial charge in [0.2, 0.25) is 0 Å². The summed E-state index contributed by atoms with van der Waals surface area (Å²) in [6.45, 7) is -4.44. The maximum Gasteiger partial charge on any atom is 0.505 e. The SMILES string of the molecule is F[B-](F)(F)C1=CCOCC1. The molecule has 0 aliphatic carbocycles. The monoisotopic (exact) mass is 151 g/mol. The fourth-order valence-corrected chi connectivity index (χ4v) is 0.839. The Morgan fingerprint density at radius 3 is 2.40 bits per heavy atom. The fourth-order valence-electron chi connectivity index (χ4n) is 0.839. The van der Waals surface area contributed by atoms with Crippen LogP contribution in [0.25, 0.3) is 0 Å². The molecule has 0 aromatic carbocycles. The molecule has 0 aromatic rings. The Hall–Kier alpha value is -0.445. The Morgan fingerprint density at radius 1 is 1.40 bits per heavy atom. The average Bonchev–Trinajstić information content (AvgIpc) is 1.88. The van der Waals surface area contributed by atoms with E-state index in [2.05, 4.69) is 0 Å². The van der Waals surface area contributed by atoms with Crippen molar-refractivity contribution >= 4 is 6.98 Å². The van der Waals surface area contributed by atoms with E-state index < -0.39 is 12.4 Å². The van der Waals surface area contributed by atoms with Crippen molar-refractivity contribution in [3.63, 3.8) is 0 Å². The minimum Gasteiger partial charge on any atom is -0.445 e. The van der Waals surface area contributed by atoms with Crippen LogP contribution in [0, 0.1) is 0 Å². The number of hydrogen-bond donors (Lipinski definition) is 0. The summed E-state index contributed by atoms with van der Waals surface area (Å²) >= 11 is 0. The molecule has 0 saturated carbocycles. The first kappa shape index (κ1) is 7.66. The van der Waals surface area contributed by atoms with Crippen LogP contribution >= 0.6 is 0 Å². The molecule has 1 heterocycles. The Labute approximate surface area is 56.9 Å². The van der Waals surface area contributed by atoms with Crippen LogP contribution in [0.3, 0.4) is 0 Å². The molecule has 1 aliphatic heterocycles.